The molecule has 1 aromatic rings. The predicted octanol–water partition coefficient (Wildman–Crippen LogP) is 1.78. The first-order valence-electron chi connectivity index (χ1n) is 5.36. The Morgan fingerprint density at radius 1 is 1.59 bits per heavy atom. The van der Waals surface area contributed by atoms with E-state index in [0.717, 1.165) is 6.42 Å². The van der Waals surface area contributed by atoms with E-state index in [1.807, 2.05) is 0 Å². The molecule has 0 saturated heterocycles. The molecule has 92 valence electrons. The third-order valence-electron chi connectivity index (χ3n) is 2.04. The van der Waals surface area contributed by atoms with Crippen molar-refractivity contribution in [3.8, 4) is 0 Å². The Morgan fingerprint density at radius 2 is 2.41 bits per heavy atom. The van der Waals surface area contributed by atoms with Crippen molar-refractivity contribution < 1.29 is 14.6 Å². The molecule has 0 atom stereocenters. The van der Waals surface area contributed by atoms with Gasteiger partial charge >= 0.3 is 5.97 Å². The van der Waals surface area contributed by atoms with Gasteiger partial charge in [0.2, 0.25) is 0 Å². The van der Waals surface area contributed by atoms with E-state index in [0.29, 0.717) is 25.4 Å². The zero-order valence-corrected chi connectivity index (χ0v) is 9.56. The standard InChI is InChI=1S/C12H16N2O3/c1-2-3-8-17-9-7-13-10-5-4-6-14-11(10)12(15)16/h2,4-6,13H,1,3,7-9H2,(H,15,16). The molecule has 0 amide bonds. The van der Waals surface area contributed by atoms with Crippen molar-refractivity contribution in [1.29, 1.82) is 0 Å². The summed E-state index contributed by atoms with van der Waals surface area (Å²) < 4.78 is 5.29. The highest BCUT2D eigenvalue weighted by Gasteiger charge is 2.09. The van der Waals surface area contributed by atoms with E-state index in [2.05, 4.69) is 16.9 Å². The van der Waals surface area contributed by atoms with Crippen LogP contribution in [0.25, 0.3) is 0 Å². The average Bonchev–Trinajstić information content (AvgIpc) is 2.34. The molecule has 0 aliphatic heterocycles. The minimum absolute atomic E-state index is 0.0265. The third kappa shape index (κ3) is 4.65. The average molecular weight is 236 g/mol. The zero-order chi connectivity index (χ0) is 12.5. The van der Waals surface area contributed by atoms with Crippen LogP contribution in [0.1, 0.15) is 16.9 Å². The maximum atomic E-state index is 10.9. The molecule has 0 spiro atoms. The number of carboxylic acid groups (broad SMARTS) is 1. The lowest BCUT2D eigenvalue weighted by molar-refractivity contribution is 0.0691. The monoisotopic (exact) mass is 236 g/mol. The first-order chi connectivity index (χ1) is 8.25. The van der Waals surface area contributed by atoms with Gasteiger partial charge in [-0.2, -0.15) is 0 Å². The van der Waals surface area contributed by atoms with Gasteiger partial charge in [-0.05, 0) is 18.6 Å². The molecular formula is C12H16N2O3. The van der Waals surface area contributed by atoms with Crippen LogP contribution in [-0.4, -0.2) is 35.8 Å². The second kappa shape index (κ2) is 7.40. The van der Waals surface area contributed by atoms with Crippen LogP contribution in [0.3, 0.4) is 0 Å². The van der Waals surface area contributed by atoms with Crippen LogP contribution in [0, 0.1) is 0 Å². The molecule has 5 heteroatoms. The largest absolute Gasteiger partial charge is 0.476 e. The third-order valence-corrected chi connectivity index (χ3v) is 2.04. The number of rotatable bonds is 8. The second-order valence-electron chi connectivity index (χ2n) is 3.32. The maximum absolute atomic E-state index is 10.9. The Hall–Kier alpha value is -1.88. The summed E-state index contributed by atoms with van der Waals surface area (Å²) >= 11 is 0. The Morgan fingerprint density at radius 3 is 3.12 bits per heavy atom. The van der Waals surface area contributed by atoms with Gasteiger partial charge in [-0.25, -0.2) is 9.78 Å². The molecule has 1 heterocycles. The number of nitrogens with one attached hydrogen (secondary N) is 1. The Labute approximate surface area is 100 Å². The first-order valence-corrected chi connectivity index (χ1v) is 5.36. The van der Waals surface area contributed by atoms with Gasteiger partial charge < -0.3 is 15.2 Å². The van der Waals surface area contributed by atoms with Gasteiger partial charge in [0.05, 0.1) is 18.9 Å². The van der Waals surface area contributed by atoms with Crippen molar-refractivity contribution in [2.45, 2.75) is 6.42 Å². The normalized spacial score (nSPS) is 9.88. The number of aromatic nitrogens is 1. The van der Waals surface area contributed by atoms with Crippen molar-refractivity contribution in [3.63, 3.8) is 0 Å². The number of anilines is 1. The molecule has 0 saturated carbocycles. The second-order valence-corrected chi connectivity index (χ2v) is 3.32. The van der Waals surface area contributed by atoms with Gasteiger partial charge in [-0.15, -0.1) is 6.58 Å². The number of aromatic carboxylic acids is 1. The summed E-state index contributed by atoms with van der Waals surface area (Å²) in [6.07, 6.45) is 4.06. The van der Waals surface area contributed by atoms with E-state index in [-0.39, 0.29) is 5.69 Å². The molecule has 1 aromatic heterocycles. The molecule has 17 heavy (non-hydrogen) atoms. The van der Waals surface area contributed by atoms with Gasteiger partial charge in [0, 0.05) is 12.7 Å². The van der Waals surface area contributed by atoms with E-state index in [9.17, 15) is 4.79 Å². The first kappa shape index (κ1) is 13.2. The van der Waals surface area contributed by atoms with Crippen LogP contribution in [0.4, 0.5) is 5.69 Å². The van der Waals surface area contributed by atoms with E-state index in [4.69, 9.17) is 9.84 Å². The predicted molar refractivity (Wildman–Crippen MR) is 65.3 cm³/mol. The molecule has 0 radical (unpaired) electrons. The number of carboxylic acids is 1. The molecule has 1 rings (SSSR count). The fraction of sp³-hybridized carbons (Fsp3) is 0.333. The van der Waals surface area contributed by atoms with Crippen LogP contribution in [0.2, 0.25) is 0 Å². The van der Waals surface area contributed by atoms with Crippen LogP contribution in [0.15, 0.2) is 31.0 Å². The van der Waals surface area contributed by atoms with Crippen LogP contribution < -0.4 is 5.32 Å². The summed E-state index contributed by atoms with van der Waals surface area (Å²) in [4.78, 5) is 14.6. The number of pyridine rings is 1. The lowest BCUT2D eigenvalue weighted by atomic mass is 10.3. The van der Waals surface area contributed by atoms with Gasteiger partial charge in [0.1, 0.15) is 0 Å². The molecule has 0 bridgehead atoms. The minimum atomic E-state index is -1.04. The Bertz CT molecular complexity index is 380. The lowest BCUT2D eigenvalue weighted by Crippen LogP contribution is -2.13. The van der Waals surface area contributed by atoms with Crippen LogP contribution in [0.5, 0.6) is 0 Å². The molecular weight excluding hydrogens is 220 g/mol. The number of nitrogens with zero attached hydrogens (tertiary/aromatic N) is 1. The van der Waals surface area contributed by atoms with Crippen molar-refractivity contribution >= 4 is 11.7 Å². The Kier molecular flexibility index (Phi) is 5.74. The topological polar surface area (TPSA) is 71.5 Å². The lowest BCUT2D eigenvalue weighted by Gasteiger charge is -2.08. The van der Waals surface area contributed by atoms with Gasteiger partial charge in [0.15, 0.2) is 5.69 Å². The summed E-state index contributed by atoms with van der Waals surface area (Å²) in [5.41, 5.74) is 0.533. The van der Waals surface area contributed by atoms with Crippen molar-refractivity contribution in [2.75, 3.05) is 25.1 Å². The van der Waals surface area contributed by atoms with Crippen molar-refractivity contribution in [3.05, 3.63) is 36.7 Å². The zero-order valence-electron chi connectivity index (χ0n) is 9.56. The quantitative estimate of drug-likeness (QED) is 0.532. The van der Waals surface area contributed by atoms with Gasteiger partial charge in [-0.3, -0.25) is 0 Å². The number of carbonyl (C=O) groups is 1. The fourth-order valence-corrected chi connectivity index (χ4v) is 1.24. The summed E-state index contributed by atoms with van der Waals surface area (Å²) in [6, 6.07) is 3.37. The Balaban J connectivity index is 2.36. The molecule has 0 fully saturated rings. The van der Waals surface area contributed by atoms with E-state index in [1.54, 1.807) is 18.2 Å². The highest BCUT2D eigenvalue weighted by atomic mass is 16.5. The minimum Gasteiger partial charge on any atom is -0.476 e. The summed E-state index contributed by atoms with van der Waals surface area (Å²) in [5.74, 6) is -1.04. The summed E-state index contributed by atoms with van der Waals surface area (Å²) in [6.45, 7) is 5.28. The number of ether oxygens (including phenoxy) is 1. The maximum Gasteiger partial charge on any atom is 0.356 e. The van der Waals surface area contributed by atoms with Crippen LogP contribution in [-0.2, 0) is 4.74 Å². The highest BCUT2D eigenvalue weighted by molar-refractivity contribution is 5.91. The highest BCUT2D eigenvalue weighted by Crippen LogP contribution is 2.11. The van der Waals surface area contributed by atoms with Crippen LogP contribution >= 0.6 is 0 Å². The van der Waals surface area contributed by atoms with Gasteiger partial charge in [-0.1, -0.05) is 6.08 Å². The van der Waals surface area contributed by atoms with E-state index in [1.165, 1.54) is 6.20 Å². The summed E-state index contributed by atoms with van der Waals surface area (Å²) in [5, 5.41) is 11.9. The van der Waals surface area contributed by atoms with E-state index >= 15 is 0 Å². The number of hydrogen-bond acceptors (Lipinski definition) is 4. The molecule has 5 nitrogen and oxygen atoms in total. The number of hydrogen-bond donors (Lipinski definition) is 2. The van der Waals surface area contributed by atoms with E-state index < -0.39 is 5.97 Å². The SMILES string of the molecule is C=CCCOCCNc1cccnc1C(=O)O. The molecule has 2 N–H and O–H groups in total. The smallest absolute Gasteiger partial charge is 0.356 e. The molecule has 0 aliphatic rings. The van der Waals surface area contributed by atoms with Crippen molar-refractivity contribution in [1.82, 2.24) is 4.98 Å². The fourth-order valence-electron chi connectivity index (χ4n) is 1.24. The molecule has 0 unspecified atom stereocenters. The summed E-state index contributed by atoms with van der Waals surface area (Å²) in [7, 11) is 0. The van der Waals surface area contributed by atoms with Crippen molar-refractivity contribution in [2.24, 2.45) is 0 Å². The van der Waals surface area contributed by atoms with Gasteiger partial charge in [0.25, 0.3) is 0 Å². The molecule has 0 aliphatic carbocycles. The molecule has 0 aromatic carbocycles.